The highest BCUT2D eigenvalue weighted by Gasteiger charge is 2.56. The number of rotatable bonds is 6. The van der Waals surface area contributed by atoms with Gasteiger partial charge in [-0.15, -0.1) is 0 Å². The zero-order valence-corrected chi connectivity index (χ0v) is 23.6. The van der Waals surface area contributed by atoms with Crippen molar-refractivity contribution in [1.82, 2.24) is 19.6 Å². The fourth-order valence-corrected chi connectivity index (χ4v) is 7.59. The maximum atomic E-state index is 12.7. The lowest BCUT2D eigenvalue weighted by molar-refractivity contribution is -0.314. The molecule has 12 nitrogen and oxygen atoms in total. The Bertz CT molecular complexity index is 888. The first-order valence-electron chi connectivity index (χ1n) is 15.0. The van der Waals surface area contributed by atoms with E-state index >= 15 is 0 Å². The van der Waals surface area contributed by atoms with Gasteiger partial charge in [0.15, 0.2) is 0 Å². The van der Waals surface area contributed by atoms with Crippen molar-refractivity contribution < 1.29 is 38.9 Å². The number of carboxylic acid groups (broad SMARTS) is 2. The van der Waals surface area contributed by atoms with Crippen LogP contribution < -0.4 is 5.11 Å². The van der Waals surface area contributed by atoms with Crippen LogP contribution in [-0.4, -0.2) is 138 Å². The summed E-state index contributed by atoms with van der Waals surface area (Å²) in [5.41, 5.74) is 0. The molecule has 1 N–H and O–H groups in total. The Hall–Kier alpha value is -2.28. The Morgan fingerprint density at radius 1 is 0.625 bits per heavy atom. The highest BCUT2D eigenvalue weighted by molar-refractivity contribution is 5.87. The van der Waals surface area contributed by atoms with E-state index in [2.05, 4.69) is 23.6 Å². The van der Waals surface area contributed by atoms with Gasteiger partial charge in [-0.1, -0.05) is 13.8 Å². The molecule has 40 heavy (non-hydrogen) atoms. The fraction of sp³-hybridized carbons (Fsp3) is 0.857. The summed E-state index contributed by atoms with van der Waals surface area (Å²) in [4.78, 5) is 56.3. The normalized spacial score (nSPS) is 37.4. The van der Waals surface area contributed by atoms with E-state index in [0.29, 0.717) is 26.2 Å². The number of aliphatic carboxylic acids is 2. The standard InChI is InChI=1S/2C14H22N2O4/c2*1-2-15-5-7-16(8-6-15)13(17)11-9-3-4-10(20-9)12(11)14(18)19/h2*9-12H,2-8H2,1H3,(H,18,19)/p-1/t2*9-,10+,11?,12?/m00/s1. The van der Waals surface area contributed by atoms with Gasteiger partial charge in [-0.2, -0.15) is 0 Å². The van der Waals surface area contributed by atoms with Gasteiger partial charge in [-0.05, 0) is 38.8 Å². The third kappa shape index (κ3) is 5.60. The molecule has 6 saturated heterocycles. The number of ether oxygens (including phenoxy) is 2. The Labute approximate surface area is 235 Å². The molecule has 0 spiro atoms. The van der Waals surface area contributed by atoms with Gasteiger partial charge >= 0.3 is 5.97 Å². The molecule has 4 unspecified atom stereocenters. The largest absolute Gasteiger partial charge is 0.550 e. The Morgan fingerprint density at radius 3 is 1.32 bits per heavy atom. The minimum atomic E-state index is -1.14. The maximum Gasteiger partial charge on any atom is 0.310 e. The fourth-order valence-electron chi connectivity index (χ4n) is 7.59. The second kappa shape index (κ2) is 12.3. The summed E-state index contributed by atoms with van der Waals surface area (Å²) in [7, 11) is 0. The molecule has 0 saturated carbocycles. The smallest absolute Gasteiger partial charge is 0.310 e. The molecular weight excluding hydrogens is 520 g/mol. The predicted octanol–water partition coefficient (Wildman–Crippen LogP) is -1.28. The molecule has 8 atom stereocenters. The lowest BCUT2D eigenvalue weighted by atomic mass is 9.78. The first kappa shape index (κ1) is 29.2. The van der Waals surface area contributed by atoms with Crippen LogP contribution in [-0.2, 0) is 28.7 Å². The third-order valence-electron chi connectivity index (χ3n) is 9.94. The van der Waals surface area contributed by atoms with E-state index in [1.807, 2.05) is 4.90 Å². The van der Waals surface area contributed by atoms with Crippen LogP contribution in [0.1, 0.15) is 39.5 Å². The second-order valence-electron chi connectivity index (χ2n) is 11.9. The lowest BCUT2D eigenvalue weighted by Gasteiger charge is -2.38. The van der Waals surface area contributed by atoms with Crippen LogP contribution in [0.3, 0.4) is 0 Å². The average molecular weight is 564 g/mol. The van der Waals surface area contributed by atoms with Crippen molar-refractivity contribution >= 4 is 23.8 Å². The summed E-state index contributed by atoms with van der Waals surface area (Å²) in [6.45, 7) is 12.4. The van der Waals surface area contributed by atoms with E-state index in [1.165, 1.54) is 0 Å². The highest BCUT2D eigenvalue weighted by Crippen LogP contribution is 2.45. The Kier molecular flexibility index (Phi) is 8.98. The van der Waals surface area contributed by atoms with Crippen molar-refractivity contribution in [2.75, 3.05) is 65.4 Å². The van der Waals surface area contributed by atoms with Crippen molar-refractivity contribution in [3.63, 3.8) is 0 Å². The molecule has 2 amide bonds. The first-order chi connectivity index (χ1) is 19.2. The van der Waals surface area contributed by atoms with E-state index in [1.54, 1.807) is 4.90 Å². The van der Waals surface area contributed by atoms with E-state index in [0.717, 1.165) is 65.0 Å². The van der Waals surface area contributed by atoms with E-state index < -0.39 is 35.6 Å². The molecule has 0 aromatic carbocycles. The topological polar surface area (TPSA) is 143 Å². The van der Waals surface area contributed by atoms with Crippen LogP contribution in [0.25, 0.3) is 0 Å². The SMILES string of the molecule is CCN1CCN(C(=O)C2C(C(=O)O)[C@H]3CC[C@@H]2O3)CC1.CCN1CCN(C(=O)C2C(C(=O)[O-])[C@H]3CC[C@@H]2O3)CC1. The van der Waals surface area contributed by atoms with Crippen LogP contribution in [0.5, 0.6) is 0 Å². The van der Waals surface area contributed by atoms with Gasteiger partial charge in [0.2, 0.25) is 11.8 Å². The number of carbonyl (C=O) groups is 4. The molecule has 6 heterocycles. The zero-order chi connectivity index (χ0) is 28.6. The van der Waals surface area contributed by atoms with Crippen molar-refractivity contribution in [2.24, 2.45) is 23.7 Å². The predicted molar refractivity (Wildman–Crippen MR) is 140 cm³/mol. The van der Waals surface area contributed by atoms with Gasteiger partial charge in [0, 0.05) is 64.2 Å². The summed E-state index contributed by atoms with van der Waals surface area (Å²) < 4.78 is 11.3. The maximum absolute atomic E-state index is 12.7. The van der Waals surface area contributed by atoms with E-state index in [4.69, 9.17) is 9.47 Å². The van der Waals surface area contributed by atoms with E-state index in [-0.39, 0.29) is 36.2 Å². The van der Waals surface area contributed by atoms with Crippen LogP contribution in [0, 0.1) is 23.7 Å². The molecule has 0 aliphatic carbocycles. The van der Waals surface area contributed by atoms with Crippen molar-refractivity contribution in [2.45, 2.75) is 63.9 Å². The summed E-state index contributed by atoms with van der Waals surface area (Å²) in [6.07, 6.45) is 2.13. The van der Waals surface area contributed by atoms with Crippen LogP contribution >= 0.6 is 0 Å². The molecule has 6 aliphatic rings. The molecule has 6 rings (SSSR count). The van der Waals surface area contributed by atoms with Crippen molar-refractivity contribution in [1.29, 1.82) is 0 Å². The summed E-state index contributed by atoms with van der Waals surface area (Å²) in [5.74, 6) is -4.50. The number of likely N-dealkylation sites (N-methyl/N-ethyl adjacent to an activating group) is 2. The van der Waals surface area contributed by atoms with Gasteiger partial charge in [0.1, 0.15) is 0 Å². The van der Waals surface area contributed by atoms with Gasteiger partial charge in [0.05, 0.1) is 42.2 Å². The number of amides is 2. The summed E-state index contributed by atoms with van der Waals surface area (Å²) >= 11 is 0. The Balaban J connectivity index is 0.000000161. The minimum Gasteiger partial charge on any atom is -0.550 e. The summed E-state index contributed by atoms with van der Waals surface area (Å²) in [6, 6.07) is 0. The Morgan fingerprint density at radius 2 is 0.975 bits per heavy atom. The molecule has 6 fully saturated rings. The number of hydrogen-bond donors (Lipinski definition) is 1. The highest BCUT2D eigenvalue weighted by atomic mass is 16.5. The molecule has 0 aromatic heterocycles. The molecule has 0 aromatic rings. The molecule has 4 bridgehead atoms. The van der Waals surface area contributed by atoms with Gasteiger partial charge in [-0.3, -0.25) is 14.4 Å². The second-order valence-corrected chi connectivity index (χ2v) is 11.9. The number of piperazine rings is 2. The molecule has 0 radical (unpaired) electrons. The van der Waals surface area contributed by atoms with Crippen molar-refractivity contribution in [3.05, 3.63) is 0 Å². The van der Waals surface area contributed by atoms with Gasteiger partial charge in [-0.25, -0.2) is 0 Å². The quantitative estimate of drug-likeness (QED) is 0.415. The molecule has 12 heteroatoms. The van der Waals surface area contributed by atoms with E-state index in [9.17, 15) is 29.4 Å². The minimum absolute atomic E-state index is 0.0136. The number of hydrogen-bond acceptors (Lipinski definition) is 9. The average Bonchev–Trinajstić information content (AvgIpc) is 3.78. The number of carboxylic acids is 2. The monoisotopic (exact) mass is 563 g/mol. The van der Waals surface area contributed by atoms with Crippen LogP contribution in [0.2, 0.25) is 0 Å². The number of carbonyl (C=O) groups excluding carboxylic acids is 3. The molecule has 6 aliphatic heterocycles. The summed E-state index contributed by atoms with van der Waals surface area (Å²) in [5, 5.41) is 20.7. The van der Waals surface area contributed by atoms with Gasteiger partial charge in [0.25, 0.3) is 0 Å². The number of nitrogens with zero attached hydrogens (tertiary/aromatic N) is 4. The van der Waals surface area contributed by atoms with Crippen LogP contribution in [0.4, 0.5) is 0 Å². The third-order valence-corrected chi connectivity index (χ3v) is 9.94. The number of fused-ring (bicyclic) bond motifs is 4. The lowest BCUT2D eigenvalue weighted by Crippen LogP contribution is -2.54. The zero-order valence-electron chi connectivity index (χ0n) is 23.6. The van der Waals surface area contributed by atoms with Gasteiger partial charge < -0.3 is 44.1 Å². The molecular formula is C28H43N4O8-. The first-order valence-corrected chi connectivity index (χ1v) is 15.0. The molecule has 224 valence electrons. The van der Waals surface area contributed by atoms with Crippen LogP contribution in [0.15, 0.2) is 0 Å². The van der Waals surface area contributed by atoms with Crippen molar-refractivity contribution in [3.8, 4) is 0 Å².